The SMILES string of the molecule is Cc1cc(C)cc(C(CN)Cc2cccc(Br)c2)c1. The molecule has 1 unspecified atom stereocenters. The lowest BCUT2D eigenvalue weighted by molar-refractivity contribution is 0.693. The third-order valence-corrected chi connectivity index (χ3v) is 3.86. The molecule has 1 atom stereocenters. The fourth-order valence-corrected chi connectivity index (χ4v) is 2.98. The van der Waals surface area contributed by atoms with Crippen LogP contribution in [0.1, 0.15) is 28.2 Å². The minimum absolute atomic E-state index is 0.382. The highest BCUT2D eigenvalue weighted by molar-refractivity contribution is 9.10. The molecule has 0 heterocycles. The Hall–Kier alpha value is -1.12. The summed E-state index contributed by atoms with van der Waals surface area (Å²) in [5.41, 5.74) is 11.3. The molecule has 0 saturated carbocycles. The molecule has 0 fully saturated rings. The van der Waals surface area contributed by atoms with Gasteiger partial charge < -0.3 is 5.73 Å². The van der Waals surface area contributed by atoms with Gasteiger partial charge in [-0.2, -0.15) is 0 Å². The van der Waals surface area contributed by atoms with Crippen LogP contribution >= 0.6 is 15.9 Å². The Morgan fingerprint density at radius 3 is 2.32 bits per heavy atom. The van der Waals surface area contributed by atoms with Crippen LogP contribution < -0.4 is 5.73 Å². The molecule has 2 heteroatoms. The zero-order chi connectivity index (χ0) is 13.8. The molecule has 0 aromatic heterocycles. The van der Waals surface area contributed by atoms with Crippen LogP contribution in [-0.2, 0) is 6.42 Å². The van der Waals surface area contributed by atoms with E-state index in [0.717, 1.165) is 10.9 Å². The van der Waals surface area contributed by atoms with Crippen molar-refractivity contribution < 1.29 is 0 Å². The first-order valence-corrected chi connectivity index (χ1v) is 7.40. The van der Waals surface area contributed by atoms with E-state index in [1.165, 1.54) is 22.3 Å². The third-order valence-electron chi connectivity index (χ3n) is 3.37. The number of nitrogens with two attached hydrogens (primary N) is 1. The lowest BCUT2D eigenvalue weighted by Crippen LogP contribution is -2.15. The monoisotopic (exact) mass is 317 g/mol. The summed E-state index contributed by atoms with van der Waals surface area (Å²) in [5.74, 6) is 0.382. The average Bonchev–Trinajstić information content (AvgIpc) is 2.34. The Kier molecular flexibility index (Phi) is 4.78. The van der Waals surface area contributed by atoms with Crippen LogP contribution in [-0.4, -0.2) is 6.54 Å². The summed E-state index contributed by atoms with van der Waals surface area (Å²) in [4.78, 5) is 0. The van der Waals surface area contributed by atoms with Crippen LogP contribution in [0.25, 0.3) is 0 Å². The van der Waals surface area contributed by atoms with E-state index in [2.05, 4.69) is 72.2 Å². The van der Waals surface area contributed by atoms with Crippen LogP contribution in [0.4, 0.5) is 0 Å². The van der Waals surface area contributed by atoms with Crippen molar-refractivity contribution in [3.8, 4) is 0 Å². The standard InChI is InChI=1S/C17H20BrN/c1-12-6-13(2)8-15(7-12)16(11-19)9-14-4-3-5-17(18)10-14/h3-8,10,16H,9,11,19H2,1-2H3. The maximum atomic E-state index is 5.98. The van der Waals surface area contributed by atoms with Crippen molar-refractivity contribution in [2.45, 2.75) is 26.2 Å². The number of hydrogen-bond donors (Lipinski definition) is 1. The molecule has 19 heavy (non-hydrogen) atoms. The largest absolute Gasteiger partial charge is 0.330 e. The molecule has 2 aromatic carbocycles. The highest BCUT2D eigenvalue weighted by atomic mass is 79.9. The summed E-state index contributed by atoms with van der Waals surface area (Å²) in [5, 5.41) is 0. The van der Waals surface area contributed by atoms with E-state index < -0.39 is 0 Å². The summed E-state index contributed by atoms with van der Waals surface area (Å²) in [6.07, 6.45) is 0.985. The first kappa shape index (κ1) is 14.3. The van der Waals surface area contributed by atoms with Crippen LogP contribution in [0.2, 0.25) is 0 Å². The van der Waals surface area contributed by atoms with Crippen molar-refractivity contribution in [2.75, 3.05) is 6.54 Å². The van der Waals surface area contributed by atoms with Gasteiger partial charge in [-0.3, -0.25) is 0 Å². The zero-order valence-electron chi connectivity index (χ0n) is 11.5. The van der Waals surface area contributed by atoms with E-state index in [0.29, 0.717) is 12.5 Å². The van der Waals surface area contributed by atoms with Gasteiger partial charge in [0.05, 0.1) is 0 Å². The number of halogens is 1. The van der Waals surface area contributed by atoms with E-state index in [-0.39, 0.29) is 0 Å². The quantitative estimate of drug-likeness (QED) is 0.891. The molecule has 2 N–H and O–H groups in total. The maximum Gasteiger partial charge on any atom is 0.0177 e. The second kappa shape index (κ2) is 6.36. The predicted octanol–water partition coefficient (Wildman–Crippen LogP) is 4.35. The van der Waals surface area contributed by atoms with Crippen LogP contribution in [0, 0.1) is 13.8 Å². The zero-order valence-corrected chi connectivity index (χ0v) is 13.1. The van der Waals surface area contributed by atoms with E-state index in [1.54, 1.807) is 0 Å². The smallest absolute Gasteiger partial charge is 0.0177 e. The van der Waals surface area contributed by atoms with Gasteiger partial charge in [-0.05, 0) is 50.1 Å². The van der Waals surface area contributed by atoms with Crippen LogP contribution in [0.15, 0.2) is 46.9 Å². The Morgan fingerprint density at radius 2 is 1.74 bits per heavy atom. The molecule has 0 radical (unpaired) electrons. The average molecular weight is 318 g/mol. The summed E-state index contributed by atoms with van der Waals surface area (Å²) >= 11 is 3.52. The summed E-state index contributed by atoms with van der Waals surface area (Å²) in [7, 11) is 0. The Balaban J connectivity index is 2.24. The maximum absolute atomic E-state index is 5.98. The van der Waals surface area contributed by atoms with Crippen molar-refractivity contribution in [2.24, 2.45) is 5.73 Å². The van der Waals surface area contributed by atoms with Gasteiger partial charge in [0.15, 0.2) is 0 Å². The second-order valence-corrected chi connectivity index (χ2v) is 6.10. The van der Waals surface area contributed by atoms with Crippen molar-refractivity contribution in [1.82, 2.24) is 0 Å². The Bertz CT molecular complexity index is 543. The highest BCUT2D eigenvalue weighted by Crippen LogP contribution is 2.23. The van der Waals surface area contributed by atoms with Gasteiger partial charge in [-0.25, -0.2) is 0 Å². The predicted molar refractivity (Wildman–Crippen MR) is 85.6 cm³/mol. The first-order valence-electron chi connectivity index (χ1n) is 6.61. The van der Waals surface area contributed by atoms with Gasteiger partial charge in [0.2, 0.25) is 0 Å². The lowest BCUT2D eigenvalue weighted by atomic mass is 9.90. The van der Waals surface area contributed by atoms with Crippen molar-refractivity contribution in [1.29, 1.82) is 0 Å². The van der Waals surface area contributed by atoms with Gasteiger partial charge in [-0.15, -0.1) is 0 Å². The molecule has 0 saturated heterocycles. The van der Waals surface area contributed by atoms with Gasteiger partial charge in [0.1, 0.15) is 0 Å². The molecule has 0 bridgehead atoms. The second-order valence-electron chi connectivity index (χ2n) is 5.19. The molecule has 0 aliphatic carbocycles. The van der Waals surface area contributed by atoms with Gasteiger partial charge in [0.25, 0.3) is 0 Å². The topological polar surface area (TPSA) is 26.0 Å². The minimum Gasteiger partial charge on any atom is -0.330 e. The van der Waals surface area contributed by atoms with E-state index >= 15 is 0 Å². The van der Waals surface area contributed by atoms with Crippen molar-refractivity contribution >= 4 is 15.9 Å². The van der Waals surface area contributed by atoms with Gasteiger partial charge in [0, 0.05) is 10.4 Å². The number of hydrogen-bond acceptors (Lipinski definition) is 1. The number of rotatable bonds is 4. The summed E-state index contributed by atoms with van der Waals surface area (Å²) in [6, 6.07) is 15.2. The van der Waals surface area contributed by atoms with Gasteiger partial charge in [-0.1, -0.05) is 57.4 Å². The third kappa shape index (κ3) is 3.92. The molecule has 2 aromatic rings. The molecular formula is C17H20BrN. The number of benzene rings is 2. The molecule has 100 valence electrons. The fourth-order valence-electron chi connectivity index (χ4n) is 2.53. The molecule has 2 rings (SSSR count). The van der Waals surface area contributed by atoms with E-state index in [4.69, 9.17) is 5.73 Å². The minimum atomic E-state index is 0.382. The normalized spacial score (nSPS) is 12.4. The summed E-state index contributed by atoms with van der Waals surface area (Å²) < 4.78 is 1.13. The number of aryl methyl sites for hydroxylation is 2. The highest BCUT2D eigenvalue weighted by Gasteiger charge is 2.11. The van der Waals surface area contributed by atoms with E-state index in [1.807, 2.05) is 0 Å². The van der Waals surface area contributed by atoms with Gasteiger partial charge >= 0.3 is 0 Å². The van der Waals surface area contributed by atoms with E-state index in [9.17, 15) is 0 Å². The molecule has 0 amide bonds. The Labute approximate surface area is 124 Å². The van der Waals surface area contributed by atoms with Crippen molar-refractivity contribution in [3.63, 3.8) is 0 Å². The lowest BCUT2D eigenvalue weighted by Gasteiger charge is -2.17. The molecular weight excluding hydrogens is 298 g/mol. The molecule has 0 spiro atoms. The first-order chi connectivity index (χ1) is 9.08. The van der Waals surface area contributed by atoms with Crippen LogP contribution in [0.3, 0.4) is 0 Å². The van der Waals surface area contributed by atoms with Crippen LogP contribution in [0.5, 0.6) is 0 Å². The molecule has 0 aliphatic rings. The van der Waals surface area contributed by atoms with Crippen molar-refractivity contribution in [3.05, 3.63) is 69.2 Å². The molecule has 1 nitrogen and oxygen atoms in total. The fraction of sp³-hybridized carbons (Fsp3) is 0.294. The summed E-state index contributed by atoms with van der Waals surface area (Å²) in [6.45, 7) is 4.96. The molecule has 0 aliphatic heterocycles. The Morgan fingerprint density at radius 1 is 1.05 bits per heavy atom.